The minimum atomic E-state index is -0.439. The van der Waals surface area contributed by atoms with Crippen LogP contribution < -0.4 is 0 Å². The van der Waals surface area contributed by atoms with Crippen molar-refractivity contribution in [2.24, 2.45) is 5.16 Å². The van der Waals surface area contributed by atoms with Gasteiger partial charge in [0, 0.05) is 5.56 Å². The third-order valence-corrected chi connectivity index (χ3v) is 2.01. The van der Waals surface area contributed by atoms with E-state index < -0.39 is 5.97 Å². The number of hydrogen-bond acceptors (Lipinski definition) is 4. The van der Waals surface area contributed by atoms with E-state index in [1.54, 1.807) is 0 Å². The summed E-state index contributed by atoms with van der Waals surface area (Å²) in [6.07, 6.45) is 0. The first-order chi connectivity index (χ1) is 6.83. The molecule has 1 aromatic carbocycles. The van der Waals surface area contributed by atoms with Gasteiger partial charge in [0.2, 0.25) is 0 Å². The molecule has 1 heterocycles. The summed E-state index contributed by atoms with van der Waals surface area (Å²) < 4.78 is 4.92. The monoisotopic (exact) mass is 191 g/mol. The molecule has 0 saturated carbocycles. The van der Waals surface area contributed by atoms with E-state index in [1.807, 2.05) is 24.3 Å². The van der Waals surface area contributed by atoms with Crippen LogP contribution >= 0.6 is 0 Å². The lowest BCUT2D eigenvalue weighted by Crippen LogP contribution is -2.25. The SMILES string of the molecule is CO/N=C1\C(=O)OCc2ccccc21. The van der Waals surface area contributed by atoms with Crippen molar-refractivity contribution < 1.29 is 14.4 Å². The first kappa shape index (κ1) is 8.74. The Hall–Kier alpha value is -1.84. The van der Waals surface area contributed by atoms with Crippen molar-refractivity contribution in [3.8, 4) is 0 Å². The molecule has 14 heavy (non-hydrogen) atoms. The van der Waals surface area contributed by atoms with Crippen molar-refractivity contribution in [2.45, 2.75) is 6.61 Å². The van der Waals surface area contributed by atoms with E-state index in [1.165, 1.54) is 7.11 Å². The molecule has 0 saturated heterocycles. The van der Waals surface area contributed by atoms with Gasteiger partial charge in [-0.2, -0.15) is 0 Å². The average Bonchev–Trinajstić information content (AvgIpc) is 2.23. The lowest BCUT2D eigenvalue weighted by atomic mass is 10.0. The number of carbonyl (C=O) groups excluding carboxylic acids is 1. The fourth-order valence-corrected chi connectivity index (χ4v) is 1.38. The molecular weight excluding hydrogens is 182 g/mol. The molecule has 0 N–H and O–H groups in total. The van der Waals surface area contributed by atoms with Gasteiger partial charge in [-0.05, 0) is 5.56 Å². The van der Waals surface area contributed by atoms with E-state index in [4.69, 9.17) is 4.74 Å². The fraction of sp³-hybridized carbons (Fsp3) is 0.200. The molecule has 0 unspecified atom stereocenters. The molecule has 1 aromatic rings. The van der Waals surface area contributed by atoms with Crippen LogP contribution in [0.4, 0.5) is 0 Å². The van der Waals surface area contributed by atoms with Crippen LogP contribution in [0, 0.1) is 0 Å². The van der Waals surface area contributed by atoms with Crippen molar-refractivity contribution in [3.05, 3.63) is 35.4 Å². The zero-order valence-corrected chi connectivity index (χ0v) is 7.69. The van der Waals surface area contributed by atoms with E-state index in [9.17, 15) is 4.79 Å². The van der Waals surface area contributed by atoms with Gasteiger partial charge in [0.05, 0.1) is 0 Å². The Morgan fingerprint density at radius 3 is 3.00 bits per heavy atom. The molecule has 72 valence electrons. The molecule has 0 aromatic heterocycles. The lowest BCUT2D eigenvalue weighted by Gasteiger charge is -2.16. The van der Waals surface area contributed by atoms with Gasteiger partial charge in [-0.3, -0.25) is 0 Å². The van der Waals surface area contributed by atoms with E-state index in [2.05, 4.69) is 9.99 Å². The standard InChI is InChI=1S/C10H9NO3/c1-13-11-9-8-5-3-2-4-7(8)6-14-10(9)12/h2-5H,6H2,1H3/b11-9-. The molecule has 0 aliphatic carbocycles. The molecule has 4 nitrogen and oxygen atoms in total. The largest absolute Gasteiger partial charge is 0.456 e. The number of nitrogens with zero attached hydrogens (tertiary/aromatic N) is 1. The van der Waals surface area contributed by atoms with E-state index in [0.717, 1.165) is 11.1 Å². The van der Waals surface area contributed by atoms with Crippen LogP contribution in [0.1, 0.15) is 11.1 Å². The molecule has 1 aliphatic heterocycles. The molecule has 2 rings (SSSR count). The zero-order valence-electron chi connectivity index (χ0n) is 7.69. The van der Waals surface area contributed by atoms with Crippen LogP contribution in [0.15, 0.2) is 29.4 Å². The van der Waals surface area contributed by atoms with Gasteiger partial charge >= 0.3 is 5.97 Å². The highest BCUT2D eigenvalue weighted by Gasteiger charge is 2.24. The van der Waals surface area contributed by atoms with Crippen LogP contribution in [0.2, 0.25) is 0 Å². The maximum Gasteiger partial charge on any atom is 0.361 e. The molecule has 0 spiro atoms. The van der Waals surface area contributed by atoms with Crippen molar-refractivity contribution >= 4 is 11.7 Å². The maximum absolute atomic E-state index is 11.3. The number of ether oxygens (including phenoxy) is 1. The minimum absolute atomic E-state index is 0.231. The number of cyclic esters (lactones) is 1. The van der Waals surface area contributed by atoms with Crippen LogP contribution in [0.25, 0.3) is 0 Å². The Balaban J connectivity index is 2.52. The number of fused-ring (bicyclic) bond motifs is 1. The van der Waals surface area contributed by atoms with Crippen LogP contribution in [0.5, 0.6) is 0 Å². The van der Waals surface area contributed by atoms with Crippen molar-refractivity contribution in [1.82, 2.24) is 0 Å². The summed E-state index contributed by atoms with van der Waals surface area (Å²) in [5.74, 6) is -0.439. The van der Waals surface area contributed by atoms with Crippen LogP contribution in [-0.2, 0) is 21.0 Å². The molecule has 0 radical (unpaired) electrons. The average molecular weight is 191 g/mol. The molecule has 0 atom stereocenters. The Kier molecular flexibility index (Phi) is 2.18. The molecule has 0 bridgehead atoms. The topological polar surface area (TPSA) is 47.9 Å². The first-order valence-electron chi connectivity index (χ1n) is 4.19. The fourth-order valence-electron chi connectivity index (χ4n) is 1.38. The maximum atomic E-state index is 11.3. The highest BCUT2D eigenvalue weighted by molar-refractivity contribution is 6.44. The Labute approximate surface area is 81.1 Å². The van der Waals surface area contributed by atoms with Gasteiger partial charge in [-0.25, -0.2) is 4.79 Å². The normalized spacial score (nSPS) is 17.5. The summed E-state index contributed by atoms with van der Waals surface area (Å²) in [7, 11) is 1.40. The Morgan fingerprint density at radius 2 is 2.21 bits per heavy atom. The van der Waals surface area contributed by atoms with Crippen molar-refractivity contribution in [2.75, 3.05) is 7.11 Å². The third kappa shape index (κ3) is 1.35. The number of oxime groups is 1. The highest BCUT2D eigenvalue weighted by atomic mass is 16.6. The number of hydrogen-bond donors (Lipinski definition) is 0. The summed E-state index contributed by atoms with van der Waals surface area (Å²) in [6.45, 7) is 0.303. The van der Waals surface area contributed by atoms with Gasteiger partial charge in [0.1, 0.15) is 13.7 Å². The minimum Gasteiger partial charge on any atom is -0.456 e. The molecule has 4 heteroatoms. The molecule has 0 amide bonds. The Bertz CT molecular complexity index is 398. The lowest BCUT2D eigenvalue weighted by molar-refractivity contribution is -0.137. The molecular formula is C10H9NO3. The summed E-state index contributed by atoms with van der Waals surface area (Å²) in [4.78, 5) is 15.9. The zero-order chi connectivity index (χ0) is 9.97. The van der Waals surface area contributed by atoms with E-state index >= 15 is 0 Å². The smallest absolute Gasteiger partial charge is 0.361 e. The quantitative estimate of drug-likeness (QED) is 0.493. The van der Waals surface area contributed by atoms with Crippen molar-refractivity contribution in [3.63, 3.8) is 0 Å². The van der Waals surface area contributed by atoms with E-state index in [0.29, 0.717) is 6.61 Å². The summed E-state index contributed by atoms with van der Waals surface area (Å²) in [5.41, 5.74) is 1.96. The van der Waals surface area contributed by atoms with Gasteiger partial charge in [-0.15, -0.1) is 0 Å². The molecule has 1 aliphatic rings. The van der Waals surface area contributed by atoms with Crippen LogP contribution in [-0.4, -0.2) is 18.8 Å². The third-order valence-electron chi connectivity index (χ3n) is 2.01. The second kappa shape index (κ2) is 3.49. The second-order valence-electron chi connectivity index (χ2n) is 2.86. The summed E-state index contributed by atoms with van der Waals surface area (Å²) in [5, 5.41) is 3.65. The predicted octanol–water partition coefficient (Wildman–Crippen LogP) is 1.09. The number of esters is 1. The second-order valence-corrected chi connectivity index (χ2v) is 2.86. The number of carbonyl (C=O) groups is 1. The Morgan fingerprint density at radius 1 is 1.43 bits per heavy atom. The first-order valence-corrected chi connectivity index (χ1v) is 4.19. The van der Waals surface area contributed by atoms with Gasteiger partial charge in [0.25, 0.3) is 0 Å². The van der Waals surface area contributed by atoms with Crippen molar-refractivity contribution in [1.29, 1.82) is 0 Å². The van der Waals surface area contributed by atoms with E-state index in [-0.39, 0.29) is 5.71 Å². The summed E-state index contributed by atoms with van der Waals surface area (Å²) in [6, 6.07) is 7.46. The van der Waals surface area contributed by atoms with Crippen LogP contribution in [0.3, 0.4) is 0 Å². The molecule has 0 fully saturated rings. The number of benzene rings is 1. The predicted molar refractivity (Wildman–Crippen MR) is 49.8 cm³/mol. The highest BCUT2D eigenvalue weighted by Crippen LogP contribution is 2.17. The van der Waals surface area contributed by atoms with Gasteiger partial charge in [0.15, 0.2) is 5.71 Å². The number of rotatable bonds is 1. The summed E-state index contributed by atoms with van der Waals surface area (Å²) >= 11 is 0. The van der Waals surface area contributed by atoms with Gasteiger partial charge < -0.3 is 9.57 Å². The van der Waals surface area contributed by atoms with Gasteiger partial charge in [-0.1, -0.05) is 29.4 Å².